The molecule has 62 valence electrons. The maximum Gasteiger partial charge on any atom is 0.0960 e. The van der Waals surface area contributed by atoms with Crippen molar-refractivity contribution in [3.63, 3.8) is 0 Å². The number of hydrogen-bond acceptors (Lipinski definition) is 1. The Bertz CT molecular complexity index is 196. The van der Waals surface area contributed by atoms with Crippen molar-refractivity contribution in [3.8, 4) is 0 Å². The molecular formula is C9H13BrO. The molecule has 2 aliphatic carbocycles. The third-order valence-corrected chi connectivity index (χ3v) is 4.16. The Morgan fingerprint density at radius 2 is 1.73 bits per heavy atom. The lowest BCUT2D eigenvalue weighted by Gasteiger charge is -2.38. The molecule has 0 atom stereocenters. The fourth-order valence-electron chi connectivity index (χ4n) is 2.21. The van der Waals surface area contributed by atoms with Crippen LogP contribution in [0.4, 0.5) is 0 Å². The quantitative estimate of drug-likeness (QED) is 0.661. The van der Waals surface area contributed by atoms with E-state index in [4.69, 9.17) is 0 Å². The number of allylic oxidation sites excluding steroid dienone is 1. The molecule has 0 unspecified atom stereocenters. The summed E-state index contributed by atoms with van der Waals surface area (Å²) in [7, 11) is 0. The van der Waals surface area contributed by atoms with Crippen LogP contribution < -0.4 is 0 Å². The summed E-state index contributed by atoms with van der Waals surface area (Å²) in [5.74, 6) is 0. The largest absolute Gasteiger partial charge is 0.385 e. The van der Waals surface area contributed by atoms with E-state index in [1.165, 1.54) is 31.3 Å². The molecule has 0 heterocycles. The van der Waals surface area contributed by atoms with Gasteiger partial charge in [-0.15, -0.1) is 0 Å². The molecular weight excluding hydrogens is 204 g/mol. The van der Waals surface area contributed by atoms with E-state index in [2.05, 4.69) is 15.9 Å². The number of aliphatic hydroxyl groups is 1. The molecule has 1 N–H and O–H groups in total. The van der Waals surface area contributed by atoms with E-state index in [9.17, 15) is 5.11 Å². The molecule has 0 saturated heterocycles. The van der Waals surface area contributed by atoms with Crippen molar-refractivity contribution in [2.75, 3.05) is 0 Å². The summed E-state index contributed by atoms with van der Waals surface area (Å²) in [6.45, 7) is 0. The standard InChI is InChI=1S/C9H13BrO/c10-8-7-3-1-5-9(8,11)6-2-4-7/h11H,1-6H2. The van der Waals surface area contributed by atoms with Crippen LogP contribution in [0.15, 0.2) is 10.1 Å². The van der Waals surface area contributed by atoms with E-state index >= 15 is 0 Å². The van der Waals surface area contributed by atoms with Gasteiger partial charge in [-0.05, 0) is 38.5 Å². The van der Waals surface area contributed by atoms with E-state index in [-0.39, 0.29) is 0 Å². The second-order valence-corrected chi connectivity index (χ2v) is 4.45. The molecule has 2 aliphatic rings. The smallest absolute Gasteiger partial charge is 0.0960 e. The zero-order valence-corrected chi connectivity index (χ0v) is 8.15. The minimum atomic E-state index is -0.466. The third kappa shape index (κ3) is 1.17. The first-order chi connectivity index (χ1) is 5.22. The van der Waals surface area contributed by atoms with Gasteiger partial charge in [0.15, 0.2) is 0 Å². The molecule has 0 spiro atoms. The molecule has 0 radical (unpaired) electrons. The van der Waals surface area contributed by atoms with Gasteiger partial charge >= 0.3 is 0 Å². The van der Waals surface area contributed by atoms with Crippen LogP contribution in [0.3, 0.4) is 0 Å². The normalized spacial score (nSPS) is 28.9. The summed E-state index contributed by atoms with van der Waals surface area (Å²) < 4.78 is 1.11. The van der Waals surface area contributed by atoms with Gasteiger partial charge in [-0.1, -0.05) is 21.5 Å². The second kappa shape index (κ2) is 2.60. The number of hydrogen-bond donors (Lipinski definition) is 1. The van der Waals surface area contributed by atoms with Crippen molar-refractivity contribution >= 4 is 15.9 Å². The second-order valence-electron chi connectivity index (χ2n) is 3.66. The van der Waals surface area contributed by atoms with Gasteiger partial charge in [0, 0.05) is 4.48 Å². The van der Waals surface area contributed by atoms with Crippen molar-refractivity contribution in [2.24, 2.45) is 0 Å². The lowest BCUT2D eigenvalue weighted by molar-refractivity contribution is 0.0505. The van der Waals surface area contributed by atoms with Gasteiger partial charge in [0.05, 0.1) is 5.60 Å². The Balaban J connectivity index is 2.38. The summed E-state index contributed by atoms with van der Waals surface area (Å²) in [6.07, 6.45) is 6.64. The van der Waals surface area contributed by atoms with Crippen LogP contribution in [0, 0.1) is 0 Å². The average Bonchev–Trinajstić information content (AvgIpc) is 1.93. The van der Waals surface area contributed by atoms with E-state index in [0.29, 0.717) is 0 Å². The van der Waals surface area contributed by atoms with Crippen LogP contribution in [0.2, 0.25) is 0 Å². The van der Waals surface area contributed by atoms with Crippen LogP contribution in [0.5, 0.6) is 0 Å². The van der Waals surface area contributed by atoms with Crippen LogP contribution >= 0.6 is 15.9 Å². The predicted octanol–water partition coefficient (Wildman–Crippen LogP) is 2.73. The van der Waals surface area contributed by atoms with Crippen LogP contribution in [0.25, 0.3) is 0 Å². The molecule has 0 aromatic carbocycles. The Kier molecular flexibility index (Phi) is 1.84. The van der Waals surface area contributed by atoms with Crippen LogP contribution in [-0.4, -0.2) is 10.7 Å². The van der Waals surface area contributed by atoms with Crippen molar-refractivity contribution in [3.05, 3.63) is 10.1 Å². The van der Waals surface area contributed by atoms with Crippen LogP contribution in [-0.2, 0) is 0 Å². The van der Waals surface area contributed by atoms with Crippen molar-refractivity contribution < 1.29 is 5.11 Å². The number of rotatable bonds is 0. The molecule has 0 aromatic heterocycles. The molecule has 0 aromatic rings. The maximum atomic E-state index is 10.1. The summed E-state index contributed by atoms with van der Waals surface area (Å²) in [5.41, 5.74) is 0.997. The fraction of sp³-hybridized carbons (Fsp3) is 0.778. The summed E-state index contributed by atoms with van der Waals surface area (Å²) in [4.78, 5) is 0. The highest BCUT2D eigenvalue weighted by Crippen LogP contribution is 2.45. The summed E-state index contributed by atoms with van der Waals surface area (Å²) in [5, 5.41) is 10.1. The fourth-order valence-corrected chi connectivity index (χ4v) is 3.00. The SMILES string of the molecule is OC12CCCC(=C1Br)CCC2. The first kappa shape index (κ1) is 7.81. The Morgan fingerprint density at radius 3 is 2.09 bits per heavy atom. The third-order valence-electron chi connectivity index (χ3n) is 2.86. The highest BCUT2D eigenvalue weighted by Gasteiger charge is 2.37. The van der Waals surface area contributed by atoms with Gasteiger partial charge < -0.3 is 5.11 Å². The average molecular weight is 217 g/mol. The van der Waals surface area contributed by atoms with E-state index in [0.717, 1.165) is 17.3 Å². The Labute approximate surface area is 75.6 Å². The van der Waals surface area contributed by atoms with Crippen LogP contribution in [0.1, 0.15) is 38.5 Å². The van der Waals surface area contributed by atoms with Gasteiger partial charge in [-0.25, -0.2) is 0 Å². The molecule has 11 heavy (non-hydrogen) atoms. The van der Waals surface area contributed by atoms with Crippen molar-refractivity contribution in [1.82, 2.24) is 0 Å². The Hall–Kier alpha value is 0.180. The highest BCUT2D eigenvalue weighted by molar-refractivity contribution is 9.11. The monoisotopic (exact) mass is 216 g/mol. The van der Waals surface area contributed by atoms with Gasteiger partial charge in [-0.3, -0.25) is 0 Å². The van der Waals surface area contributed by atoms with Crippen molar-refractivity contribution in [2.45, 2.75) is 44.1 Å². The van der Waals surface area contributed by atoms with Gasteiger partial charge in [-0.2, -0.15) is 0 Å². The first-order valence-corrected chi connectivity index (χ1v) is 5.12. The zero-order chi connectivity index (χ0) is 7.90. The van der Waals surface area contributed by atoms with E-state index in [1.807, 2.05) is 0 Å². The van der Waals surface area contributed by atoms with E-state index in [1.54, 1.807) is 0 Å². The summed E-state index contributed by atoms with van der Waals surface area (Å²) >= 11 is 3.52. The molecule has 0 amide bonds. The Morgan fingerprint density at radius 1 is 1.18 bits per heavy atom. The molecule has 0 fully saturated rings. The molecule has 2 bridgehead atoms. The predicted molar refractivity (Wildman–Crippen MR) is 48.6 cm³/mol. The molecule has 1 nitrogen and oxygen atoms in total. The molecule has 2 heteroatoms. The number of halogens is 1. The molecule has 0 aliphatic heterocycles. The minimum Gasteiger partial charge on any atom is -0.385 e. The molecule has 0 saturated carbocycles. The van der Waals surface area contributed by atoms with Gasteiger partial charge in [0.1, 0.15) is 0 Å². The molecule has 2 rings (SSSR count). The lowest BCUT2D eigenvalue weighted by Crippen LogP contribution is -2.35. The summed E-state index contributed by atoms with van der Waals surface area (Å²) in [6, 6.07) is 0. The van der Waals surface area contributed by atoms with Crippen molar-refractivity contribution in [1.29, 1.82) is 0 Å². The lowest BCUT2D eigenvalue weighted by atomic mass is 9.77. The zero-order valence-electron chi connectivity index (χ0n) is 6.57. The number of fused-ring (bicyclic) bond motifs is 1. The first-order valence-electron chi connectivity index (χ1n) is 4.33. The van der Waals surface area contributed by atoms with E-state index < -0.39 is 5.60 Å². The van der Waals surface area contributed by atoms with Gasteiger partial charge in [0.25, 0.3) is 0 Å². The van der Waals surface area contributed by atoms with Gasteiger partial charge in [0.2, 0.25) is 0 Å². The topological polar surface area (TPSA) is 20.2 Å². The maximum absolute atomic E-state index is 10.1. The highest BCUT2D eigenvalue weighted by atomic mass is 79.9. The minimum absolute atomic E-state index is 0.466.